The third kappa shape index (κ3) is 2.66. The molecule has 1 aromatic carbocycles. The molecule has 1 heterocycles. The normalized spacial score (nSPS) is 22.5. The summed E-state index contributed by atoms with van der Waals surface area (Å²) in [5.74, 6) is 0.122. The summed E-state index contributed by atoms with van der Waals surface area (Å²) >= 11 is 0. The Bertz CT molecular complexity index is 462. The SMILES string of the molecule is CCc1cccc(C)c1NC(=O)C1(CC)CCCN1. The minimum Gasteiger partial charge on any atom is -0.324 e. The summed E-state index contributed by atoms with van der Waals surface area (Å²) < 4.78 is 0. The largest absolute Gasteiger partial charge is 0.324 e. The first-order valence-electron chi connectivity index (χ1n) is 7.28. The molecule has 0 saturated carbocycles. The van der Waals surface area contributed by atoms with E-state index in [2.05, 4.69) is 43.5 Å². The van der Waals surface area contributed by atoms with Crippen LogP contribution in [0, 0.1) is 6.92 Å². The fraction of sp³-hybridized carbons (Fsp3) is 0.562. The van der Waals surface area contributed by atoms with Crippen LogP contribution in [-0.2, 0) is 11.2 Å². The number of aryl methyl sites for hydroxylation is 2. The van der Waals surface area contributed by atoms with Crippen LogP contribution in [0.4, 0.5) is 5.69 Å². The summed E-state index contributed by atoms with van der Waals surface area (Å²) in [7, 11) is 0. The molecule has 1 aliphatic rings. The van der Waals surface area contributed by atoms with Crippen molar-refractivity contribution in [2.75, 3.05) is 11.9 Å². The summed E-state index contributed by atoms with van der Waals surface area (Å²) in [6.07, 6.45) is 3.79. The number of carbonyl (C=O) groups is 1. The fourth-order valence-electron chi connectivity index (χ4n) is 2.90. The average molecular weight is 260 g/mol. The van der Waals surface area contributed by atoms with Crippen LogP contribution in [0.15, 0.2) is 18.2 Å². The molecule has 1 aromatic rings. The highest BCUT2D eigenvalue weighted by atomic mass is 16.2. The molecule has 1 amide bonds. The lowest BCUT2D eigenvalue weighted by atomic mass is 9.92. The molecule has 0 radical (unpaired) electrons. The quantitative estimate of drug-likeness (QED) is 0.873. The lowest BCUT2D eigenvalue weighted by Gasteiger charge is -2.27. The Morgan fingerprint density at radius 1 is 1.42 bits per heavy atom. The number of hydrogen-bond donors (Lipinski definition) is 2. The third-order valence-corrected chi connectivity index (χ3v) is 4.26. The van der Waals surface area contributed by atoms with Crippen LogP contribution in [-0.4, -0.2) is 18.0 Å². The molecule has 0 bridgehead atoms. The Balaban J connectivity index is 2.23. The zero-order valence-corrected chi connectivity index (χ0v) is 12.2. The lowest BCUT2D eigenvalue weighted by Crippen LogP contribution is -2.50. The smallest absolute Gasteiger partial charge is 0.244 e. The van der Waals surface area contributed by atoms with Crippen LogP contribution in [0.5, 0.6) is 0 Å². The van der Waals surface area contributed by atoms with Gasteiger partial charge in [-0.15, -0.1) is 0 Å². The molecule has 3 nitrogen and oxygen atoms in total. The van der Waals surface area contributed by atoms with Gasteiger partial charge < -0.3 is 10.6 Å². The second kappa shape index (κ2) is 5.74. The minimum absolute atomic E-state index is 0.122. The Labute approximate surface area is 115 Å². The molecule has 0 aromatic heterocycles. The topological polar surface area (TPSA) is 41.1 Å². The fourth-order valence-corrected chi connectivity index (χ4v) is 2.90. The highest BCUT2D eigenvalue weighted by Crippen LogP contribution is 2.27. The number of para-hydroxylation sites is 1. The van der Waals surface area contributed by atoms with E-state index in [-0.39, 0.29) is 11.4 Å². The Hall–Kier alpha value is -1.35. The van der Waals surface area contributed by atoms with E-state index in [0.717, 1.165) is 43.5 Å². The molecule has 3 heteroatoms. The molecule has 1 saturated heterocycles. The molecule has 2 rings (SSSR count). The van der Waals surface area contributed by atoms with E-state index >= 15 is 0 Å². The molecular weight excluding hydrogens is 236 g/mol. The maximum absolute atomic E-state index is 12.6. The van der Waals surface area contributed by atoms with Gasteiger partial charge in [0.1, 0.15) is 0 Å². The summed E-state index contributed by atoms with van der Waals surface area (Å²) in [4.78, 5) is 12.6. The van der Waals surface area contributed by atoms with E-state index in [1.54, 1.807) is 0 Å². The Morgan fingerprint density at radius 2 is 2.21 bits per heavy atom. The van der Waals surface area contributed by atoms with E-state index in [1.165, 1.54) is 5.56 Å². The standard InChI is InChI=1S/C16H24N2O/c1-4-13-9-6-8-12(3)14(13)18-15(19)16(5-2)10-7-11-17-16/h6,8-9,17H,4-5,7,10-11H2,1-3H3,(H,18,19). The first kappa shape index (κ1) is 14.1. The summed E-state index contributed by atoms with van der Waals surface area (Å²) in [5.41, 5.74) is 2.97. The molecule has 1 fully saturated rings. The molecule has 1 unspecified atom stereocenters. The molecule has 2 N–H and O–H groups in total. The van der Waals surface area contributed by atoms with Gasteiger partial charge in [0.15, 0.2) is 0 Å². The van der Waals surface area contributed by atoms with Gasteiger partial charge in [-0.05, 0) is 50.3 Å². The maximum Gasteiger partial charge on any atom is 0.244 e. The van der Waals surface area contributed by atoms with Crippen molar-refractivity contribution in [2.45, 2.75) is 52.0 Å². The molecule has 1 aliphatic heterocycles. The van der Waals surface area contributed by atoms with E-state index in [9.17, 15) is 4.79 Å². The van der Waals surface area contributed by atoms with Gasteiger partial charge in [0.05, 0.1) is 5.54 Å². The summed E-state index contributed by atoms with van der Waals surface area (Å²) in [5, 5.41) is 6.55. The molecule has 104 valence electrons. The molecular formula is C16H24N2O. The minimum atomic E-state index is -0.368. The van der Waals surface area contributed by atoms with Crippen molar-refractivity contribution in [1.82, 2.24) is 5.32 Å². The van der Waals surface area contributed by atoms with Gasteiger partial charge >= 0.3 is 0 Å². The van der Waals surface area contributed by atoms with Crippen molar-refractivity contribution in [1.29, 1.82) is 0 Å². The van der Waals surface area contributed by atoms with Crippen LogP contribution >= 0.6 is 0 Å². The van der Waals surface area contributed by atoms with Crippen LogP contribution in [0.1, 0.15) is 44.2 Å². The molecule has 19 heavy (non-hydrogen) atoms. The molecule has 1 atom stereocenters. The number of benzene rings is 1. The highest BCUT2D eigenvalue weighted by molar-refractivity contribution is 5.99. The summed E-state index contributed by atoms with van der Waals surface area (Å²) in [6.45, 7) is 7.19. The van der Waals surface area contributed by atoms with Gasteiger partial charge in [-0.3, -0.25) is 4.79 Å². The van der Waals surface area contributed by atoms with Gasteiger partial charge in [0.25, 0.3) is 0 Å². The second-order valence-electron chi connectivity index (χ2n) is 5.38. The Kier molecular flexibility index (Phi) is 4.25. The number of hydrogen-bond acceptors (Lipinski definition) is 2. The van der Waals surface area contributed by atoms with Crippen molar-refractivity contribution in [3.63, 3.8) is 0 Å². The number of nitrogens with one attached hydrogen (secondary N) is 2. The van der Waals surface area contributed by atoms with Crippen molar-refractivity contribution < 1.29 is 4.79 Å². The van der Waals surface area contributed by atoms with Crippen LogP contribution in [0.25, 0.3) is 0 Å². The summed E-state index contributed by atoms with van der Waals surface area (Å²) in [6, 6.07) is 6.19. The van der Waals surface area contributed by atoms with E-state index in [4.69, 9.17) is 0 Å². The van der Waals surface area contributed by atoms with Crippen molar-refractivity contribution in [3.05, 3.63) is 29.3 Å². The van der Waals surface area contributed by atoms with Gasteiger partial charge in [-0.2, -0.15) is 0 Å². The zero-order valence-electron chi connectivity index (χ0n) is 12.2. The number of carbonyl (C=O) groups excluding carboxylic acids is 1. The first-order valence-corrected chi connectivity index (χ1v) is 7.28. The van der Waals surface area contributed by atoms with Gasteiger partial charge in [-0.1, -0.05) is 32.0 Å². The van der Waals surface area contributed by atoms with E-state index < -0.39 is 0 Å². The number of anilines is 1. The van der Waals surface area contributed by atoms with E-state index in [1.807, 2.05) is 6.07 Å². The van der Waals surface area contributed by atoms with Gasteiger partial charge in [0, 0.05) is 5.69 Å². The zero-order chi connectivity index (χ0) is 13.9. The lowest BCUT2D eigenvalue weighted by molar-refractivity contribution is -0.122. The van der Waals surface area contributed by atoms with Crippen LogP contribution < -0.4 is 10.6 Å². The highest BCUT2D eigenvalue weighted by Gasteiger charge is 2.39. The molecule has 0 aliphatic carbocycles. The van der Waals surface area contributed by atoms with Gasteiger partial charge in [0.2, 0.25) is 5.91 Å². The average Bonchev–Trinajstić information content (AvgIpc) is 2.91. The van der Waals surface area contributed by atoms with Gasteiger partial charge in [-0.25, -0.2) is 0 Å². The monoisotopic (exact) mass is 260 g/mol. The third-order valence-electron chi connectivity index (χ3n) is 4.26. The number of rotatable bonds is 4. The van der Waals surface area contributed by atoms with Crippen molar-refractivity contribution in [2.24, 2.45) is 0 Å². The van der Waals surface area contributed by atoms with Crippen LogP contribution in [0.3, 0.4) is 0 Å². The maximum atomic E-state index is 12.6. The Morgan fingerprint density at radius 3 is 2.79 bits per heavy atom. The first-order chi connectivity index (χ1) is 9.13. The predicted octanol–water partition coefficient (Wildman–Crippen LogP) is 3.03. The predicted molar refractivity (Wildman–Crippen MR) is 79.4 cm³/mol. The van der Waals surface area contributed by atoms with E-state index in [0.29, 0.717) is 0 Å². The van der Waals surface area contributed by atoms with Crippen LogP contribution in [0.2, 0.25) is 0 Å². The second-order valence-corrected chi connectivity index (χ2v) is 5.38. The van der Waals surface area contributed by atoms with Crippen molar-refractivity contribution >= 4 is 11.6 Å². The molecule has 0 spiro atoms. The van der Waals surface area contributed by atoms with Crippen molar-refractivity contribution in [3.8, 4) is 0 Å². The number of amides is 1.